The van der Waals surface area contributed by atoms with Crippen molar-refractivity contribution in [2.45, 2.75) is 4.90 Å². The van der Waals surface area contributed by atoms with Gasteiger partial charge in [-0.15, -0.1) is 0 Å². The Morgan fingerprint density at radius 1 is 1.23 bits per heavy atom. The number of ether oxygens (including phenoxy) is 1. The lowest BCUT2D eigenvalue weighted by molar-refractivity contribution is 0.102. The van der Waals surface area contributed by atoms with Crippen molar-refractivity contribution in [2.75, 3.05) is 12.4 Å². The SMILES string of the molecule is COc1ccc(C(=O)Nc2ccccc2Cl)cc1S(N)(=O)=O. The maximum absolute atomic E-state index is 12.2. The smallest absolute Gasteiger partial charge is 0.255 e. The van der Waals surface area contributed by atoms with Crippen LogP contribution in [0.2, 0.25) is 5.02 Å². The summed E-state index contributed by atoms with van der Waals surface area (Å²) in [4.78, 5) is 11.9. The van der Waals surface area contributed by atoms with Crippen LogP contribution in [0.5, 0.6) is 5.75 Å². The molecule has 2 aromatic carbocycles. The van der Waals surface area contributed by atoms with Gasteiger partial charge in [0.2, 0.25) is 10.0 Å². The van der Waals surface area contributed by atoms with Crippen LogP contribution < -0.4 is 15.2 Å². The number of primary sulfonamides is 1. The van der Waals surface area contributed by atoms with E-state index in [1.807, 2.05) is 0 Å². The molecule has 1 amide bonds. The summed E-state index contributed by atoms with van der Waals surface area (Å²) in [6, 6.07) is 10.6. The first-order valence-corrected chi connectivity index (χ1v) is 8.02. The van der Waals surface area contributed by atoms with Gasteiger partial charge in [-0.2, -0.15) is 0 Å². The molecule has 0 radical (unpaired) electrons. The van der Waals surface area contributed by atoms with E-state index in [0.717, 1.165) is 6.07 Å². The average Bonchev–Trinajstić information content (AvgIpc) is 2.48. The van der Waals surface area contributed by atoms with Gasteiger partial charge in [-0.05, 0) is 30.3 Å². The van der Waals surface area contributed by atoms with E-state index in [1.165, 1.54) is 19.2 Å². The van der Waals surface area contributed by atoms with E-state index in [1.54, 1.807) is 24.3 Å². The van der Waals surface area contributed by atoms with Crippen LogP contribution in [-0.4, -0.2) is 21.4 Å². The zero-order valence-corrected chi connectivity index (χ0v) is 13.1. The molecule has 0 heterocycles. The van der Waals surface area contributed by atoms with E-state index in [2.05, 4.69) is 5.32 Å². The number of halogens is 1. The first-order valence-electron chi connectivity index (χ1n) is 6.09. The molecule has 22 heavy (non-hydrogen) atoms. The number of nitrogens with one attached hydrogen (secondary N) is 1. The lowest BCUT2D eigenvalue weighted by atomic mass is 10.2. The molecule has 0 bridgehead atoms. The van der Waals surface area contributed by atoms with E-state index in [0.29, 0.717) is 10.7 Å². The second kappa shape index (κ2) is 6.35. The summed E-state index contributed by atoms with van der Waals surface area (Å²) in [5, 5.41) is 8.08. The minimum absolute atomic E-state index is 0.0665. The second-order valence-corrected chi connectivity index (χ2v) is 6.28. The Kier molecular flexibility index (Phi) is 4.70. The molecule has 8 heteroatoms. The van der Waals surface area contributed by atoms with Gasteiger partial charge in [-0.3, -0.25) is 4.79 Å². The molecular weight excluding hydrogens is 328 g/mol. The fourth-order valence-corrected chi connectivity index (χ4v) is 2.70. The lowest BCUT2D eigenvalue weighted by Gasteiger charge is -2.10. The summed E-state index contributed by atoms with van der Waals surface area (Å²) >= 11 is 5.96. The molecule has 6 nitrogen and oxygen atoms in total. The number of anilines is 1. The summed E-state index contributed by atoms with van der Waals surface area (Å²) in [6.45, 7) is 0. The second-order valence-electron chi connectivity index (χ2n) is 4.34. The van der Waals surface area contributed by atoms with Gasteiger partial charge in [-0.25, -0.2) is 13.6 Å². The summed E-state index contributed by atoms with van der Waals surface area (Å²) < 4.78 is 28.0. The van der Waals surface area contributed by atoms with Gasteiger partial charge in [0.1, 0.15) is 10.6 Å². The van der Waals surface area contributed by atoms with Gasteiger partial charge in [0.25, 0.3) is 5.91 Å². The van der Waals surface area contributed by atoms with E-state index >= 15 is 0 Å². The van der Waals surface area contributed by atoms with Crippen LogP contribution in [-0.2, 0) is 10.0 Å². The van der Waals surface area contributed by atoms with Crippen LogP contribution in [0.25, 0.3) is 0 Å². The standard InChI is InChI=1S/C14H13ClN2O4S/c1-21-12-7-6-9(8-13(12)22(16,19)20)14(18)17-11-5-3-2-4-10(11)15/h2-8H,1H3,(H,17,18)(H2,16,19,20). The number of amides is 1. The van der Waals surface area contributed by atoms with Gasteiger partial charge < -0.3 is 10.1 Å². The summed E-state index contributed by atoms with van der Waals surface area (Å²) in [7, 11) is -2.70. The lowest BCUT2D eigenvalue weighted by Crippen LogP contribution is -2.17. The summed E-state index contributed by atoms with van der Waals surface area (Å²) in [6.07, 6.45) is 0. The molecule has 0 unspecified atom stereocenters. The quantitative estimate of drug-likeness (QED) is 0.891. The first-order chi connectivity index (χ1) is 10.3. The Bertz CT molecular complexity index is 821. The number of carbonyl (C=O) groups is 1. The van der Waals surface area contributed by atoms with E-state index < -0.39 is 15.9 Å². The zero-order chi connectivity index (χ0) is 16.3. The van der Waals surface area contributed by atoms with Crippen molar-refractivity contribution >= 4 is 33.2 Å². The molecule has 0 atom stereocenters. The molecule has 2 rings (SSSR count). The molecule has 0 spiro atoms. The Morgan fingerprint density at radius 2 is 1.91 bits per heavy atom. The maximum atomic E-state index is 12.2. The molecule has 0 saturated carbocycles. The van der Waals surface area contributed by atoms with Crippen LogP contribution in [0.4, 0.5) is 5.69 Å². The zero-order valence-electron chi connectivity index (χ0n) is 11.5. The molecule has 2 aromatic rings. The summed E-state index contributed by atoms with van der Waals surface area (Å²) in [5.41, 5.74) is 0.534. The van der Waals surface area contributed by atoms with Gasteiger partial charge in [0.05, 0.1) is 17.8 Å². The van der Waals surface area contributed by atoms with Crippen LogP contribution in [0, 0.1) is 0 Å². The van der Waals surface area contributed by atoms with Crippen LogP contribution >= 0.6 is 11.6 Å². The number of rotatable bonds is 4. The van der Waals surface area contributed by atoms with E-state index in [-0.39, 0.29) is 16.2 Å². The predicted molar refractivity (Wildman–Crippen MR) is 83.8 cm³/mol. The fourth-order valence-electron chi connectivity index (χ4n) is 1.80. The molecule has 0 saturated heterocycles. The molecule has 0 aromatic heterocycles. The highest BCUT2D eigenvalue weighted by Gasteiger charge is 2.18. The van der Waals surface area contributed by atoms with Crippen LogP contribution in [0.3, 0.4) is 0 Å². The third-order valence-corrected chi connectivity index (χ3v) is 4.12. The fraction of sp³-hybridized carbons (Fsp3) is 0.0714. The Balaban J connectivity index is 2.37. The first kappa shape index (κ1) is 16.3. The van der Waals surface area contributed by atoms with Crippen molar-refractivity contribution < 1.29 is 17.9 Å². The highest BCUT2D eigenvalue weighted by Crippen LogP contribution is 2.25. The highest BCUT2D eigenvalue weighted by atomic mass is 35.5. The topological polar surface area (TPSA) is 98.5 Å². The number of nitrogens with two attached hydrogens (primary N) is 1. The Labute approximate surface area is 132 Å². The Hall–Kier alpha value is -2.09. The van der Waals surface area contributed by atoms with Crippen molar-refractivity contribution in [1.29, 1.82) is 0 Å². The number of benzene rings is 2. The molecule has 116 valence electrons. The normalized spacial score (nSPS) is 11.0. The van der Waals surface area contributed by atoms with Gasteiger partial charge in [0, 0.05) is 5.56 Å². The van der Waals surface area contributed by atoms with Crippen molar-refractivity contribution in [1.82, 2.24) is 0 Å². The highest BCUT2D eigenvalue weighted by molar-refractivity contribution is 7.89. The monoisotopic (exact) mass is 340 g/mol. The minimum atomic E-state index is -4.01. The van der Waals surface area contributed by atoms with Gasteiger partial charge >= 0.3 is 0 Å². The third-order valence-electron chi connectivity index (χ3n) is 2.85. The number of para-hydroxylation sites is 1. The number of hydrogen-bond donors (Lipinski definition) is 2. The number of methoxy groups -OCH3 is 1. The molecular formula is C14H13ClN2O4S. The molecule has 0 aliphatic heterocycles. The van der Waals surface area contributed by atoms with Crippen molar-refractivity contribution in [3.05, 3.63) is 53.1 Å². The van der Waals surface area contributed by atoms with Crippen LogP contribution in [0.15, 0.2) is 47.4 Å². The third kappa shape index (κ3) is 3.56. The van der Waals surface area contributed by atoms with Gasteiger partial charge in [-0.1, -0.05) is 23.7 Å². The van der Waals surface area contributed by atoms with E-state index in [9.17, 15) is 13.2 Å². The minimum Gasteiger partial charge on any atom is -0.495 e. The van der Waals surface area contributed by atoms with Crippen LogP contribution in [0.1, 0.15) is 10.4 Å². The summed E-state index contributed by atoms with van der Waals surface area (Å²) in [5.74, 6) is -0.447. The average molecular weight is 341 g/mol. The molecule has 0 aliphatic rings. The van der Waals surface area contributed by atoms with Crippen molar-refractivity contribution in [3.63, 3.8) is 0 Å². The largest absolute Gasteiger partial charge is 0.495 e. The van der Waals surface area contributed by atoms with E-state index in [4.69, 9.17) is 21.5 Å². The molecule has 0 aliphatic carbocycles. The number of carbonyl (C=O) groups excluding carboxylic acids is 1. The molecule has 0 fully saturated rings. The molecule has 3 N–H and O–H groups in total. The van der Waals surface area contributed by atoms with Gasteiger partial charge in [0.15, 0.2) is 0 Å². The van der Waals surface area contributed by atoms with Crippen molar-refractivity contribution in [2.24, 2.45) is 5.14 Å². The Morgan fingerprint density at radius 3 is 2.50 bits per heavy atom. The number of hydrogen-bond acceptors (Lipinski definition) is 4. The number of sulfonamides is 1. The predicted octanol–water partition coefficient (Wildman–Crippen LogP) is 2.25. The maximum Gasteiger partial charge on any atom is 0.255 e. The van der Waals surface area contributed by atoms with Crippen molar-refractivity contribution in [3.8, 4) is 5.75 Å².